The second kappa shape index (κ2) is 5.70. The van der Waals surface area contributed by atoms with Crippen LogP contribution in [0.15, 0.2) is 24.3 Å². The van der Waals surface area contributed by atoms with E-state index in [1.54, 1.807) is 4.68 Å². The van der Waals surface area contributed by atoms with Crippen LogP contribution in [0.2, 0.25) is 5.15 Å². The monoisotopic (exact) mass is 304 g/mol. The van der Waals surface area contributed by atoms with E-state index in [-0.39, 0.29) is 0 Å². The van der Waals surface area contributed by atoms with Crippen LogP contribution >= 0.6 is 11.6 Å². The van der Waals surface area contributed by atoms with E-state index in [9.17, 15) is 0 Å². The number of nitrogens with two attached hydrogens (primary N) is 1. The quantitative estimate of drug-likeness (QED) is 0.863. The number of aromatic nitrogens is 2. The number of halogens is 1. The van der Waals surface area contributed by atoms with E-state index in [1.807, 2.05) is 26.1 Å². The van der Waals surface area contributed by atoms with Crippen LogP contribution in [0.3, 0.4) is 0 Å². The number of aryl methyl sites for hydroxylation is 2. The third kappa shape index (κ3) is 3.22. The van der Waals surface area contributed by atoms with Gasteiger partial charge in [0, 0.05) is 37.4 Å². The number of anilines is 1. The zero-order valence-corrected chi connectivity index (χ0v) is 13.3. The molecule has 0 bridgehead atoms. The van der Waals surface area contributed by atoms with Crippen molar-refractivity contribution in [2.24, 2.45) is 7.05 Å². The second-order valence-electron chi connectivity index (χ2n) is 5.86. The van der Waals surface area contributed by atoms with Crippen LogP contribution in [-0.2, 0) is 20.1 Å². The third-order valence-corrected chi connectivity index (χ3v) is 4.53. The summed E-state index contributed by atoms with van der Waals surface area (Å²) in [5.74, 6) is 0. The first-order chi connectivity index (χ1) is 10.0. The lowest BCUT2D eigenvalue weighted by Crippen LogP contribution is -2.25. The Morgan fingerprint density at radius 3 is 2.48 bits per heavy atom. The molecule has 3 rings (SSSR count). The summed E-state index contributed by atoms with van der Waals surface area (Å²) in [5.41, 5.74) is 10.0. The molecule has 1 aromatic carbocycles. The number of hydrogen-bond donors (Lipinski definition) is 1. The number of rotatable bonds is 5. The molecule has 5 heteroatoms. The Labute approximate surface area is 130 Å². The Balaban J connectivity index is 1.77. The maximum absolute atomic E-state index is 6.36. The first-order valence-corrected chi connectivity index (χ1v) is 7.69. The van der Waals surface area contributed by atoms with Crippen molar-refractivity contribution in [1.82, 2.24) is 14.7 Å². The molecule has 4 nitrogen and oxygen atoms in total. The Bertz CT molecular complexity index is 628. The molecule has 21 heavy (non-hydrogen) atoms. The fraction of sp³-hybridized carbons (Fsp3) is 0.438. The minimum absolute atomic E-state index is 0.665. The van der Waals surface area contributed by atoms with Crippen LogP contribution in [0.1, 0.15) is 29.7 Å². The van der Waals surface area contributed by atoms with Gasteiger partial charge in [0.25, 0.3) is 0 Å². The number of nitrogen functional groups attached to an aromatic ring is 1. The average Bonchev–Trinajstić information content (AvgIpc) is 3.25. The van der Waals surface area contributed by atoms with Crippen LogP contribution in [0.4, 0.5) is 5.69 Å². The molecular weight excluding hydrogens is 284 g/mol. The van der Waals surface area contributed by atoms with Crippen molar-refractivity contribution in [2.45, 2.75) is 38.9 Å². The molecular formula is C16H21ClN4. The van der Waals surface area contributed by atoms with Gasteiger partial charge in [0.2, 0.25) is 0 Å². The molecule has 0 amide bonds. The van der Waals surface area contributed by atoms with Crippen LogP contribution in [0, 0.1) is 6.92 Å². The summed E-state index contributed by atoms with van der Waals surface area (Å²) in [6.45, 7) is 3.80. The molecule has 112 valence electrons. The lowest BCUT2D eigenvalue weighted by Gasteiger charge is -2.22. The molecule has 0 atom stereocenters. The van der Waals surface area contributed by atoms with Crippen molar-refractivity contribution in [3.63, 3.8) is 0 Å². The van der Waals surface area contributed by atoms with Crippen molar-refractivity contribution >= 4 is 17.3 Å². The van der Waals surface area contributed by atoms with Crippen molar-refractivity contribution in [3.05, 3.63) is 46.2 Å². The fourth-order valence-corrected chi connectivity index (χ4v) is 2.90. The Kier molecular flexibility index (Phi) is 3.91. The zero-order valence-electron chi connectivity index (χ0n) is 12.5. The summed E-state index contributed by atoms with van der Waals surface area (Å²) < 4.78 is 1.75. The highest BCUT2D eigenvalue weighted by Crippen LogP contribution is 2.32. The van der Waals surface area contributed by atoms with E-state index in [4.69, 9.17) is 17.3 Å². The largest absolute Gasteiger partial charge is 0.399 e. The van der Waals surface area contributed by atoms with E-state index in [0.717, 1.165) is 35.2 Å². The SMILES string of the molecule is Cc1nn(C)c(Cl)c1CN(Cc1ccc(N)cc1)C1CC1. The summed E-state index contributed by atoms with van der Waals surface area (Å²) in [7, 11) is 1.89. The van der Waals surface area contributed by atoms with Gasteiger partial charge in [0.05, 0.1) is 5.69 Å². The predicted octanol–water partition coefficient (Wildman–Crippen LogP) is 3.13. The molecule has 2 N–H and O–H groups in total. The summed E-state index contributed by atoms with van der Waals surface area (Å²) in [5, 5.41) is 5.15. The lowest BCUT2D eigenvalue weighted by molar-refractivity contribution is 0.245. The predicted molar refractivity (Wildman–Crippen MR) is 86.1 cm³/mol. The van der Waals surface area contributed by atoms with Crippen LogP contribution in [-0.4, -0.2) is 20.7 Å². The maximum Gasteiger partial charge on any atom is 0.131 e. The highest BCUT2D eigenvalue weighted by atomic mass is 35.5. The van der Waals surface area contributed by atoms with Crippen molar-refractivity contribution in [2.75, 3.05) is 5.73 Å². The van der Waals surface area contributed by atoms with E-state index in [2.05, 4.69) is 22.1 Å². The molecule has 0 aliphatic heterocycles. The molecule has 1 aromatic heterocycles. The van der Waals surface area contributed by atoms with Gasteiger partial charge in [-0.2, -0.15) is 5.10 Å². The zero-order chi connectivity index (χ0) is 15.0. The average molecular weight is 305 g/mol. The van der Waals surface area contributed by atoms with Gasteiger partial charge in [-0.3, -0.25) is 9.58 Å². The minimum Gasteiger partial charge on any atom is -0.399 e. The minimum atomic E-state index is 0.665. The van der Waals surface area contributed by atoms with Crippen molar-refractivity contribution in [1.29, 1.82) is 0 Å². The summed E-state index contributed by atoms with van der Waals surface area (Å²) in [6.07, 6.45) is 2.54. The smallest absolute Gasteiger partial charge is 0.131 e. The van der Waals surface area contributed by atoms with E-state index in [0.29, 0.717) is 6.04 Å². The van der Waals surface area contributed by atoms with Gasteiger partial charge in [-0.1, -0.05) is 23.7 Å². The molecule has 0 spiro atoms. The van der Waals surface area contributed by atoms with Crippen molar-refractivity contribution < 1.29 is 0 Å². The highest BCUT2D eigenvalue weighted by molar-refractivity contribution is 6.30. The number of benzene rings is 1. The van der Waals surface area contributed by atoms with Gasteiger partial charge in [-0.05, 0) is 37.5 Å². The molecule has 1 aliphatic rings. The van der Waals surface area contributed by atoms with Crippen LogP contribution in [0.25, 0.3) is 0 Å². The summed E-state index contributed by atoms with van der Waals surface area (Å²) >= 11 is 6.36. The van der Waals surface area contributed by atoms with Gasteiger partial charge in [0.1, 0.15) is 5.15 Å². The second-order valence-corrected chi connectivity index (χ2v) is 6.21. The molecule has 0 saturated heterocycles. The van der Waals surface area contributed by atoms with E-state index in [1.165, 1.54) is 18.4 Å². The molecule has 0 unspecified atom stereocenters. The normalized spacial score (nSPS) is 14.9. The summed E-state index contributed by atoms with van der Waals surface area (Å²) in [6, 6.07) is 8.79. The fourth-order valence-electron chi connectivity index (χ4n) is 2.67. The number of hydrogen-bond acceptors (Lipinski definition) is 3. The summed E-state index contributed by atoms with van der Waals surface area (Å²) in [4.78, 5) is 2.49. The Morgan fingerprint density at radius 2 is 1.95 bits per heavy atom. The molecule has 0 radical (unpaired) electrons. The Morgan fingerprint density at radius 1 is 1.29 bits per heavy atom. The number of nitrogens with zero attached hydrogens (tertiary/aromatic N) is 3. The van der Waals surface area contributed by atoms with Gasteiger partial charge >= 0.3 is 0 Å². The molecule has 2 aromatic rings. The molecule has 1 aliphatic carbocycles. The van der Waals surface area contributed by atoms with Gasteiger partial charge < -0.3 is 5.73 Å². The van der Waals surface area contributed by atoms with E-state index >= 15 is 0 Å². The van der Waals surface area contributed by atoms with Crippen LogP contribution < -0.4 is 5.73 Å². The topological polar surface area (TPSA) is 47.1 Å². The maximum atomic E-state index is 6.36. The lowest BCUT2D eigenvalue weighted by atomic mass is 10.1. The van der Waals surface area contributed by atoms with E-state index < -0.39 is 0 Å². The molecule has 1 saturated carbocycles. The Hall–Kier alpha value is -1.52. The molecule has 1 fully saturated rings. The van der Waals surface area contributed by atoms with Gasteiger partial charge in [-0.25, -0.2) is 0 Å². The van der Waals surface area contributed by atoms with Gasteiger partial charge in [0.15, 0.2) is 0 Å². The first kappa shape index (κ1) is 14.4. The third-order valence-electron chi connectivity index (χ3n) is 4.06. The molecule has 1 heterocycles. The highest BCUT2D eigenvalue weighted by Gasteiger charge is 2.30. The van der Waals surface area contributed by atoms with Crippen LogP contribution in [0.5, 0.6) is 0 Å². The van der Waals surface area contributed by atoms with Gasteiger partial charge in [-0.15, -0.1) is 0 Å². The first-order valence-electron chi connectivity index (χ1n) is 7.31. The van der Waals surface area contributed by atoms with Crippen molar-refractivity contribution in [3.8, 4) is 0 Å². The standard InChI is InChI=1S/C16H21ClN4/c1-11-15(16(17)20(2)19-11)10-21(14-7-8-14)9-12-3-5-13(18)6-4-12/h3-6,14H,7-10,18H2,1-2H3.